The fourth-order valence-corrected chi connectivity index (χ4v) is 9.37. The van der Waals surface area contributed by atoms with Crippen molar-refractivity contribution in [1.29, 1.82) is 0 Å². The number of esters is 3. The molecule has 75 heavy (non-hydrogen) atoms. The third kappa shape index (κ3) is 61.6. The summed E-state index contributed by atoms with van der Waals surface area (Å²) in [6.07, 6.45) is 82.3. The average molecular weight is 1050 g/mol. The van der Waals surface area contributed by atoms with Gasteiger partial charge in [0.2, 0.25) is 0 Å². The molecule has 0 aromatic heterocycles. The molecule has 0 aliphatic rings. The Kier molecular flexibility index (Phi) is 60.7. The van der Waals surface area contributed by atoms with Crippen LogP contribution in [0.25, 0.3) is 0 Å². The lowest BCUT2D eigenvalue weighted by Gasteiger charge is -2.18. The monoisotopic (exact) mass is 1050 g/mol. The smallest absolute Gasteiger partial charge is 0.306 e. The van der Waals surface area contributed by atoms with Crippen LogP contribution in [0.15, 0.2) is 72.9 Å². The van der Waals surface area contributed by atoms with Gasteiger partial charge >= 0.3 is 17.9 Å². The molecule has 0 bridgehead atoms. The van der Waals surface area contributed by atoms with Gasteiger partial charge in [-0.25, -0.2) is 0 Å². The quantitative estimate of drug-likeness (QED) is 0.0261. The van der Waals surface area contributed by atoms with E-state index in [0.717, 1.165) is 89.9 Å². The minimum absolute atomic E-state index is 0.101. The maximum atomic E-state index is 12.9. The molecule has 1 unspecified atom stereocenters. The highest BCUT2D eigenvalue weighted by Gasteiger charge is 2.19. The minimum atomic E-state index is -0.811. The van der Waals surface area contributed by atoms with Gasteiger partial charge in [0, 0.05) is 19.3 Å². The minimum Gasteiger partial charge on any atom is -0.462 e. The van der Waals surface area contributed by atoms with E-state index in [-0.39, 0.29) is 37.5 Å². The van der Waals surface area contributed by atoms with Crippen molar-refractivity contribution in [3.63, 3.8) is 0 Å². The number of unbranched alkanes of at least 4 members (excludes halogenated alkanes) is 36. The lowest BCUT2D eigenvalue weighted by Crippen LogP contribution is -2.30. The summed E-state index contributed by atoms with van der Waals surface area (Å²) in [5.41, 5.74) is 0. The lowest BCUT2D eigenvalue weighted by molar-refractivity contribution is -0.166. The van der Waals surface area contributed by atoms with Crippen molar-refractivity contribution < 1.29 is 28.6 Å². The van der Waals surface area contributed by atoms with E-state index < -0.39 is 6.10 Å². The molecule has 6 heteroatoms. The van der Waals surface area contributed by atoms with E-state index in [9.17, 15) is 14.4 Å². The first-order chi connectivity index (χ1) is 37.0. The summed E-state index contributed by atoms with van der Waals surface area (Å²) in [4.78, 5) is 38.2. The SMILES string of the molecule is CC/C=C\C/C=C\C/C=C\C/C=C\CCC(=O)OCC(COC(=O)CCCCCCCCCCCCCCCCCCCCCCCCCCCCCC)OC(=O)CCCCCCC/C=C\C/C=C\CCCCCC. The van der Waals surface area contributed by atoms with Gasteiger partial charge in [-0.15, -0.1) is 0 Å². The average Bonchev–Trinajstić information content (AvgIpc) is 3.41. The fraction of sp³-hybridized carbons (Fsp3) is 0.783. The second-order valence-electron chi connectivity index (χ2n) is 21.6. The molecule has 0 aliphatic carbocycles. The molecule has 0 amide bonds. The lowest BCUT2D eigenvalue weighted by atomic mass is 10.0. The molecule has 0 fully saturated rings. The maximum Gasteiger partial charge on any atom is 0.306 e. The van der Waals surface area contributed by atoms with Crippen molar-refractivity contribution in [1.82, 2.24) is 0 Å². The Bertz CT molecular complexity index is 1390. The number of hydrogen-bond donors (Lipinski definition) is 0. The third-order valence-electron chi connectivity index (χ3n) is 14.2. The Morgan fingerprint density at radius 3 is 0.907 bits per heavy atom. The van der Waals surface area contributed by atoms with Gasteiger partial charge in [-0.2, -0.15) is 0 Å². The molecule has 6 nitrogen and oxygen atoms in total. The normalized spacial score (nSPS) is 12.5. The molecule has 0 saturated heterocycles. The molecule has 0 aromatic carbocycles. The van der Waals surface area contributed by atoms with Gasteiger partial charge in [0.25, 0.3) is 0 Å². The number of hydrogen-bond acceptors (Lipinski definition) is 6. The summed E-state index contributed by atoms with van der Waals surface area (Å²) in [5.74, 6) is -0.987. The van der Waals surface area contributed by atoms with Crippen molar-refractivity contribution in [2.24, 2.45) is 0 Å². The van der Waals surface area contributed by atoms with E-state index in [4.69, 9.17) is 14.2 Å². The molecular weight excluding hydrogens is 925 g/mol. The summed E-state index contributed by atoms with van der Waals surface area (Å²) in [6, 6.07) is 0. The number of allylic oxidation sites excluding steroid dienone is 12. The molecule has 1 atom stereocenters. The molecule has 0 aromatic rings. The zero-order valence-corrected chi connectivity index (χ0v) is 49.8. The van der Waals surface area contributed by atoms with E-state index in [1.807, 2.05) is 6.08 Å². The standard InChI is InChI=1S/C69H122O6/c1-4-7-10-13-16-19-22-25-27-29-30-31-32-33-34-35-36-37-38-39-40-42-44-47-50-53-56-59-62-68(71)74-65-66(64-73-67(70)61-58-55-52-49-46-43-24-21-18-15-12-9-6-3)75-69(72)63-60-57-54-51-48-45-41-28-26-23-20-17-14-11-8-5-2/h9,12,18,20-21,23,28,41,43,46,52,55,66H,4-8,10-11,13-17,19,22,24-27,29-40,42,44-45,47-51,53-54,56-65H2,1-3H3/b12-9-,21-18-,23-20-,41-28-,46-43-,55-52-. The molecule has 434 valence electrons. The van der Waals surface area contributed by atoms with Crippen LogP contribution in [0.5, 0.6) is 0 Å². The second kappa shape index (κ2) is 63.4. The highest BCUT2D eigenvalue weighted by Crippen LogP contribution is 2.17. The topological polar surface area (TPSA) is 78.9 Å². The molecule has 0 saturated carbocycles. The van der Waals surface area contributed by atoms with Crippen molar-refractivity contribution >= 4 is 17.9 Å². The van der Waals surface area contributed by atoms with Gasteiger partial charge < -0.3 is 14.2 Å². The third-order valence-corrected chi connectivity index (χ3v) is 14.2. The van der Waals surface area contributed by atoms with Gasteiger partial charge in [-0.3, -0.25) is 14.4 Å². The van der Waals surface area contributed by atoms with E-state index in [0.29, 0.717) is 19.3 Å². The summed E-state index contributed by atoms with van der Waals surface area (Å²) < 4.78 is 16.8. The van der Waals surface area contributed by atoms with E-state index in [1.165, 1.54) is 193 Å². The van der Waals surface area contributed by atoms with Crippen LogP contribution in [0, 0.1) is 0 Å². The van der Waals surface area contributed by atoms with Crippen LogP contribution in [0.1, 0.15) is 329 Å². The summed E-state index contributed by atoms with van der Waals surface area (Å²) in [7, 11) is 0. The van der Waals surface area contributed by atoms with Crippen LogP contribution in [-0.4, -0.2) is 37.2 Å². The van der Waals surface area contributed by atoms with Crippen LogP contribution in [0.4, 0.5) is 0 Å². The Hall–Kier alpha value is -3.15. The summed E-state index contributed by atoms with van der Waals surface area (Å²) in [6.45, 7) is 6.47. The predicted octanol–water partition coefficient (Wildman–Crippen LogP) is 22.1. The van der Waals surface area contributed by atoms with E-state index in [2.05, 4.69) is 87.6 Å². The number of rotatable bonds is 59. The van der Waals surface area contributed by atoms with Gasteiger partial charge in [-0.1, -0.05) is 306 Å². The molecule has 0 heterocycles. The molecule has 0 spiro atoms. The van der Waals surface area contributed by atoms with Crippen molar-refractivity contribution in [3.05, 3.63) is 72.9 Å². The molecule has 0 rings (SSSR count). The number of ether oxygens (including phenoxy) is 3. The van der Waals surface area contributed by atoms with Crippen LogP contribution in [0.3, 0.4) is 0 Å². The van der Waals surface area contributed by atoms with E-state index in [1.54, 1.807) is 0 Å². The zero-order valence-electron chi connectivity index (χ0n) is 49.8. The Morgan fingerprint density at radius 1 is 0.280 bits per heavy atom. The molecule has 0 aliphatic heterocycles. The number of carbonyl (C=O) groups is 3. The Labute approximate surface area is 465 Å². The van der Waals surface area contributed by atoms with E-state index >= 15 is 0 Å². The zero-order chi connectivity index (χ0) is 54.3. The highest BCUT2D eigenvalue weighted by molar-refractivity contribution is 5.71. The van der Waals surface area contributed by atoms with Crippen LogP contribution in [0.2, 0.25) is 0 Å². The first-order valence-corrected chi connectivity index (χ1v) is 32.4. The van der Waals surface area contributed by atoms with Crippen molar-refractivity contribution in [3.8, 4) is 0 Å². The van der Waals surface area contributed by atoms with Gasteiger partial charge in [0.05, 0.1) is 0 Å². The first-order valence-electron chi connectivity index (χ1n) is 32.4. The molecule has 0 N–H and O–H groups in total. The van der Waals surface area contributed by atoms with Gasteiger partial charge in [-0.05, 0) is 77.0 Å². The van der Waals surface area contributed by atoms with Crippen molar-refractivity contribution in [2.75, 3.05) is 13.2 Å². The Balaban J connectivity index is 4.24. The van der Waals surface area contributed by atoms with Gasteiger partial charge in [0.15, 0.2) is 6.10 Å². The first kappa shape index (κ1) is 71.8. The molecule has 0 radical (unpaired) electrons. The van der Waals surface area contributed by atoms with Gasteiger partial charge in [0.1, 0.15) is 13.2 Å². The number of carbonyl (C=O) groups excluding carboxylic acids is 3. The summed E-state index contributed by atoms with van der Waals surface area (Å²) >= 11 is 0. The Morgan fingerprint density at radius 2 is 0.547 bits per heavy atom. The fourth-order valence-electron chi connectivity index (χ4n) is 9.37. The maximum absolute atomic E-state index is 12.9. The largest absolute Gasteiger partial charge is 0.462 e. The summed E-state index contributed by atoms with van der Waals surface area (Å²) in [5, 5.41) is 0. The molecular formula is C69H122O6. The van der Waals surface area contributed by atoms with Crippen LogP contribution in [-0.2, 0) is 28.6 Å². The predicted molar refractivity (Wildman–Crippen MR) is 325 cm³/mol. The van der Waals surface area contributed by atoms with Crippen LogP contribution < -0.4 is 0 Å². The van der Waals surface area contributed by atoms with Crippen molar-refractivity contribution in [2.45, 2.75) is 335 Å². The van der Waals surface area contributed by atoms with Crippen LogP contribution >= 0.6 is 0 Å². The second-order valence-corrected chi connectivity index (χ2v) is 21.6. The highest BCUT2D eigenvalue weighted by atomic mass is 16.6.